The van der Waals surface area contributed by atoms with Crippen LogP contribution >= 0.6 is 0 Å². The molecule has 116 valence electrons. The number of piperidine rings is 1. The third-order valence-corrected chi connectivity index (χ3v) is 4.89. The highest BCUT2D eigenvalue weighted by Gasteiger charge is 2.40. The van der Waals surface area contributed by atoms with E-state index in [0.29, 0.717) is 17.7 Å². The summed E-state index contributed by atoms with van der Waals surface area (Å²) in [5.74, 6) is 2.41. The summed E-state index contributed by atoms with van der Waals surface area (Å²) in [7, 11) is 0. The van der Waals surface area contributed by atoms with Crippen molar-refractivity contribution in [2.75, 3.05) is 29.4 Å². The molecule has 23 heavy (non-hydrogen) atoms. The summed E-state index contributed by atoms with van der Waals surface area (Å²) in [5.41, 5.74) is 0.420. The summed E-state index contributed by atoms with van der Waals surface area (Å²) in [6, 6.07) is 8.56. The second-order valence-electron chi connectivity index (χ2n) is 6.07. The molecule has 0 aliphatic carbocycles. The van der Waals surface area contributed by atoms with Gasteiger partial charge in [-0.1, -0.05) is 6.07 Å². The Hall–Kier alpha value is -2.68. The molecule has 0 N–H and O–H groups in total. The number of nitriles is 1. The molecular weight excluding hydrogens is 288 g/mol. The number of pyridine rings is 1. The van der Waals surface area contributed by atoms with Crippen LogP contribution < -0.4 is 9.80 Å². The smallest absolute Gasteiger partial charge is 0.183 e. The van der Waals surface area contributed by atoms with Gasteiger partial charge < -0.3 is 9.80 Å². The third kappa shape index (κ3) is 2.48. The van der Waals surface area contributed by atoms with Crippen molar-refractivity contribution in [3.63, 3.8) is 0 Å². The minimum Gasteiger partial charge on any atom is -0.355 e. The maximum Gasteiger partial charge on any atom is 0.183 e. The van der Waals surface area contributed by atoms with Crippen LogP contribution in [0.5, 0.6) is 0 Å². The topological polar surface area (TPSA) is 68.9 Å². The Morgan fingerprint density at radius 3 is 2.74 bits per heavy atom. The lowest BCUT2D eigenvalue weighted by Gasteiger charge is -2.39. The molecule has 4 rings (SSSR count). The summed E-state index contributed by atoms with van der Waals surface area (Å²) in [6.07, 6.45) is 7.39. The van der Waals surface area contributed by atoms with Crippen LogP contribution in [0.3, 0.4) is 0 Å². The van der Waals surface area contributed by atoms with Crippen molar-refractivity contribution in [1.82, 2.24) is 15.0 Å². The summed E-state index contributed by atoms with van der Waals surface area (Å²) < 4.78 is 0. The maximum atomic E-state index is 9.31. The minimum atomic E-state index is 0.370. The summed E-state index contributed by atoms with van der Waals surface area (Å²) in [6.45, 7) is 2.90. The molecule has 0 spiro atoms. The average Bonchev–Trinajstić information content (AvgIpc) is 3.05. The Bertz CT molecular complexity index is 725. The second-order valence-corrected chi connectivity index (χ2v) is 6.07. The first-order chi connectivity index (χ1) is 11.4. The Morgan fingerprint density at radius 1 is 1.04 bits per heavy atom. The highest BCUT2D eigenvalue weighted by atomic mass is 15.3. The fourth-order valence-corrected chi connectivity index (χ4v) is 3.77. The van der Waals surface area contributed by atoms with E-state index in [1.807, 2.05) is 18.3 Å². The number of aromatic nitrogens is 3. The zero-order valence-electron chi connectivity index (χ0n) is 12.8. The van der Waals surface area contributed by atoms with Gasteiger partial charge in [-0.3, -0.25) is 0 Å². The van der Waals surface area contributed by atoms with Crippen molar-refractivity contribution in [1.29, 1.82) is 5.26 Å². The summed E-state index contributed by atoms with van der Waals surface area (Å²) in [4.78, 5) is 17.7. The molecule has 0 saturated carbocycles. The molecule has 0 radical (unpaired) electrons. The van der Waals surface area contributed by atoms with Crippen LogP contribution in [0.1, 0.15) is 18.5 Å². The highest BCUT2D eigenvalue weighted by molar-refractivity contribution is 5.52. The standard InChI is InChI=1S/C17H18N6/c18-11-14-17(21-8-7-19-14)23-10-5-13-4-9-22(12-15(13)23)16-3-1-2-6-20-16/h1-3,6-8,13,15H,4-5,9-10,12H2. The van der Waals surface area contributed by atoms with E-state index in [0.717, 1.165) is 44.1 Å². The SMILES string of the molecule is N#Cc1nccnc1N1CCC2CCN(c3ccccn3)CC21. The van der Waals surface area contributed by atoms with Gasteiger partial charge >= 0.3 is 0 Å². The summed E-state index contributed by atoms with van der Waals surface area (Å²) >= 11 is 0. The van der Waals surface area contributed by atoms with Crippen LogP contribution in [0.15, 0.2) is 36.8 Å². The van der Waals surface area contributed by atoms with Gasteiger partial charge in [-0.05, 0) is 30.9 Å². The number of anilines is 2. The lowest BCUT2D eigenvalue weighted by molar-refractivity contribution is 0.388. The average molecular weight is 306 g/mol. The van der Waals surface area contributed by atoms with Gasteiger partial charge in [0.05, 0.1) is 6.04 Å². The van der Waals surface area contributed by atoms with E-state index in [9.17, 15) is 5.26 Å². The van der Waals surface area contributed by atoms with Crippen molar-refractivity contribution in [2.24, 2.45) is 5.92 Å². The van der Waals surface area contributed by atoms with Crippen LogP contribution in [-0.4, -0.2) is 40.6 Å². The van der Waals surface area contributed by atoms with Gasteiger partial charge in [0.1, 0.15) is 11.9 Å². The second kappa shape index (κ2) is 5.84. The molecule has 6 nitrogen and oxygen atoms in total. The molecular formula is C17H18N6. The van der Waals surface area contributed by atoms with Crippen LogP contribution in [0.25, 0.3) is 0 Å². The summed E-state index contributed by atoms with van der Waals surface area (Å²) in [5, 5.41) is 9.31. The van der Waals surface area contributed by atoms with Crippen LogP contribution in [0, 0.1) is 17.2 Å². The van der Waals surface area contributed by atoms with Gasteiger partial charge in [0.15, 0.2) is 11.5 Å². The number of hydrogen-bond acceptors (Lipinski definition) is 6. The van der Waals surface area contributed by atoms with Gasteiger partial charge in [-0.15, -0.1) is 0 Å². The predicted molar refractivity (Wildman–Crippen MR) is 87.1 cm³/mol. The van der Waals surface area contributed by atoms with E-state index in [4.69, 9.17) is 0 Å². The molecule has 2 unspecified atom stereocenters. The van der Waals surface area contributed by atoms with Gasteiger partial charge in [0, 0.05) is 38.2 Å². The number of hydrogen-bond donors (Lipinski definition) is 0. The fraction of sp³-hybridized carbons (Fsp3) is 0.412. The van der Waals surface area contributed by atoms with Gasteiger partial charge in [-0.25, -0.2) is 15.0 Å². The Kier molecular flexibility index (Phi) is 3.54. The van der Waals surface area contributed by atoms with E-state index < -0.39 is 0 Å². The molecule has 2 aliphatic rings. The van der Waals surface area contributed by atoms with E-state index in [2.05, 4.69) is 36.9 Å². The first kappa shape index (κ1) is 13.9. The minimum absolute atomic E-state index is 0.370. The van der Waals surface area contributed by atoms with E-state index >= 15 is 0 Å². The molecule has 2 saturated heterocycles. The molecule has 2 fully saturated rings. The Balaban J connectivity index is 1.61. The molecule has 0 aromatic carbocycles. The Labute approximate surface area is 135 Å². The molecule has 0 bridgehead atoms. The molecule has 2 atom stereocenters. The molecule has 2 aliphatic heterocycles. The highest BCUT2D eigenvalue weighted by Crippen LogP contribution is 2.36. The quantitative estimate of drug-likeness (QED) is 0.843. The predicted octanol–water partition coefficient (Wildman–Crippen LogP) is 1.85. The van der Waals surface area contributed by atoms with Crippen molar-refractivity contribution in [2.45, 2.75) is 18.9 Å². The van der Waals surface area contributed by atoms with Gasteiger partial charge in [0.2, 0.25) is 0 Å². The number of rotatable bonds is 2. The molecule has 4 heterocycles. The normalized spacial score (nSPS) is 23.4. The van der Waals surface area contributed by atoms with Crippen LogP contribution in [-0.2, 0) is 0 Å². The van der Waals surface area contributed by atoms with E-state index in [-0.39, 0.29) is 0 Å². The first-order valence-electron chi connectivity index (χ1n) is 8.00. The Morgan fingerprint density at radius 2 is 1.91 bits per heavy atom. The number of nitrogens with zero attached hydrogens (tertiary/aromatic N) is 6. The van der Waals surface area contributed by atoms with Gasteiger partial charge in [0.25, 0.3) is 0 Å². The third-order valence-electron chi connectivity index (χ3n) is 4.89. The maximum absolute atomic E-state index is 9.31. The van der Waals surface area contributed by atoms with E-state index in [1.54, 1.807) is 12.4 Å². The van der Waals surface area contributed by atoms with Crippen molar-refractivity contribution in [3.05, 3.63) is 42.5 Å². The van der Waals surface area contributed by atoms with Crippen LogP contribution in [0.2, 0.25) is 0 Å². The van der Waals surface area contributed by atoms with Crippen LogP contribution in [0.4, 0.5) is 11.6 Å². The molecule has 6 heteroatoms. The van der Waals surface area contributed by atoms with Gasteiger partial charge in [-0.2, -0.15) is 5.26 Å². The zero-order valence-corrected chi connectivity index (χ0v) is 12.8. The monoisotopic (exact) mass is 306 g/mol. The molecule has 2 aromatic heterocycles. The molecule has 2 aromatic rings. The van der Waals surface area contributed by atoms with E-state index in [1.165, 1.54) is 0 Å². The van der Waals surface area contributed by atoms with Crippen molar-refractivity contribution < 1.29 is 0 Å². The lowest BCUT2D eigenvalue weighted by atomic mass is 9.92. The largest absolute Gasteiger partial charge is 0.355 e. The van der Waals surface area contributed by atoms with Crippen molar-refractivity contribution >= 4 is 11.6 Å². The first-order valence-corrected chi connectivity index (χ1v) is 8.00. The molecule has 0 amide bonds. The fourth-order valence-electron chi connectivity index (χ4n) is 3.77. The lowest BCUT2D eigenvalue weighted by Crippen LogP contribution is -2.49. The zero-order chi connectivity index (χ0) is 15.6. The van der Waals surface area contributed by atoms with Crippen molar-refractivity contribution in [3.8, 4) is 6.07 Å². The number of fused-ring (bicyclic) bond motifs is 1.